The van der Waals surface area contributed by atoms with Gasteiger partial charge in [0.1, 0.15) is 16.8 Å². The van der Waals surface area contributed by atoms with Crippen molar-refractivity contribution in [3.05, 3.63) is 24.0 Å². The summed E-state index contributed by atoms with van der Waals surface area (Å²) in [6, 6.07) is 4.25. The summed E-state index contributed by atoms with van der Waals surface area (Å²) in [5.74, 6) is -0.410. The number of hydrogen-bond donors (Lipinski definition) is 2. The highest BCUT2D eigenvalue weighted by Crippen LogP contribution is 2.23. The molecule has 1 fully saturated rings. The molecule has 3 N–H and O–H groups in total. The molecular formula is C10H14FN3OS. The quantitative estimate of drug-likeness (QED) is 0.781. The Labute approximate surface area is 96.2 Å². The normalized spacial score (nSPS) is 18.5. The van der Waals surface area contributed by atoms with E-state index in [2.05, 4.69) is 10.2 Å². The highest BCUT2D eigenvalue weighted by atomic mass is 32.2. The third kappa shape index (κ3) is 2.40. The number of rotatable bonds is 2. The summed E-state index contributed by atoms with van der Waals surface area (Å²) in [6.07, 6.45) is 0. The van der Waals surface area contributed by atoms with Crippen LogP contribution in [0.25, 0.3) is 0 Å². The third-order valence-corrected chi connectivity index (χ3v) is 3.36. The highest BCUT2D eigenvalue weighted by Gasteiger charge is 2.16. The van der Waals surface area contributed by atoms with Crippen LogP contribution in [0.3, 0.4) is 0 Å². The second-order valence-corrected chi connectivity index (χ2v) is 4.68. The van der Waals surface area contributed by atoms with E-state index in [9.17, 15) is 8.60 Å². The van der Waals surface area contributed by atoms with Crippen LogP contribution in [-0.4, -0.2) is 30.4 Å². The molecular weight excluding hydrogens is 229 g/mol. The van der Waals surface area contributed by atoms with Gasteiger partial charge in [0, 0.05) is 26.2 Å². The molecule has 4 nitrogen and oxygen atoms in total. The van der Waals surface area contributed by atoms with Crippen molar-refractivity contribution in [3.63, 3.8) is 0 Å². The van der Waals surface area contributed by atoms with Gasteiger partial charge < -0.3 is 10.2 Å². The highest BCUT2D eigenvalue weighted by molar-refractivity contribution is 7.82. The zero-order valence-electron chi connectivity index (χ0n) is 8.78. The molecule has 0 spiro atoms. The van der Waals surface area contributed by atoms with Gasteiger partial charge in [-0.05, 0) is 18.2 Å². The van der Waals surface area contributed by atoms with Crippen LogP contribution < -0.4 is 15.4 Å². The molecule has 6 heteroatoms. The topological polar surface area (TPSA) is 58.4 Å². The van der Waals surface area contributed by atoms with Crippen molar-refractivity contribution in [1.82, 2.24) is 5.32 Å². The first-order chi connectivity index (χ1) is 7.68. The smallest absolute Gasteiger partial charge is 0.124 e. The van der Waals surface area contributed by atoms with Crippen molar-refractivity contribution >= 4 is 16.7 Å². The fourth-order valence-electron chi connectivity index (χ4n) is 1.82. The van der Waals surface area contributed by atoms with E-state index in [-0.39, 0.29) is 0 Å². The first-order valence-electron chi connectivity index (χ1n) is 5.10. The summed E-state index contributed by atoms with van der Waals surface area (Å²) >= 11 is 0. The monoisotopic (exact) mass is 243 g/mol. The summed E-state index contributed by atoms with van der Waals surface area (Å²) in [7, 11) is -1.65. The molecule has 0 radical (unpaired) electrons. The molecule has 0 bridgehead atoms. The Balaban J connectivity index is 2.34. The summed E-state index contributed by atoms with van der Waals surface area (Å²) in [5, 5.41) is 8.58. The summed E-state index contributed by atoms with van der Waals surface area (Å²) in [4.78, 5) is 2.43. The van der Waals surface area contributed by atoms with Gasteiger partial charge in [0.25, 0.3) is 0 Å². The molecule has 1 saturated heterocycles. The second kappa shape index (κ2) is 4.90. The second-order valence-electron chi connectivity index (χ2n) is 3.65. The molecule has 1 aromatic rings. The van der Waals surface area contributed by atoms with E-state index in [0.717, 1.165) is 31.9 Å². The van der Waals surface area contributed by atoms with E-state index in [1.807, 2.05) is 0 Å². The Morgan fingerprint density at radius 2 is 2.06 bits per heavy atom. The minimum atomic E-state index is -1.65. The maximum atomic E-state index is 13.1. The Morgan fingerprint density at radius 3 is 2.69 bits per heavy atom. The fourth-order valence-corrected chi connectivity index (χ4v) is 2.45. The van der Waals surface area contributed by atoms with Crippen LogP contribution in [0, 0.1) is 5.82 Å². The predicted molar refractivity (Wildman–Crippen MR) is 62.1 cm³/mol. The van der Waals surface area contributed by atoms with E-state index in [1.54, 1.807) is 6.07 Å². The minimum absolute atomic E-state index is 0.363. The number of benzene rings is 1. The molecule has 0 saturated carbocycles. The van der Waals surface area contributed by atoms with E-state index in [0.29, 0.717) is 4.90 Å². The Bertz CT molecular complexity index is 407. The molecule has 88 valence electrons. The van der Waals surface area contributed by atoms with Gasteiger partial charge in [0.2, 0.25) is 0 Å². The van der Waals surface area contributed by atoms with Crippen LogP contribution in [-0.2, 0) is 11.0 Å². The fraction of sp³-hybridized carbons (Fsp3) is 0.400. The van der Waals surface area contributed by atoms with Crippen molar-refractivity contribution < 1.29 is 8.60 Å². The maximum Gasteiger partial charge on any atom is 0.124 e. The lowest BCUT2D eigenvalue weighted by Crippen LogP contribution is -2.44. The molecule has 1 atom stereocenters. The van der Waals surface area contributed by atoms with Crippen molar-refractivity contribution in [2.45, 2.75) is 4.90 Å². The zero-order chi connectivity index (χ0) is 11.5. The summed E-state index contributed by atoms with van der Waals surface area (Å²) in [6.45, 7) is 3.37. The van der Waals surface area contributed by atoms with Crippen LogP contribution in [0.1, 0.15) is 0 Å². The third-order valence-electron chi connectivity index (χ3n) is 2.60. The molecule has 1 aromatic carbocycles. The Morgan fingerprint density at radius 1 is 1.38 bits per heavy atom. The standard InChI is InChI=1S/C10H14FN3OS/c11-8-1-2-9(10(7-8)16(12)15)14-5-3-13-4-6-14/h1-2,7,13H,3-6,12H2. The first kappa shape index (κ1) is 11.5. The van der Waals surface area contributed by atoms with Crippen LogP contribution in [0.4, 0.5) is 10.1 Å². The van der Waals surface area contributed by atoms with Crippen molar-refractivity contribution in [2.75, 3.05) is 31.1 Å². The van der Waals surface area contributed by atoms with E-state index in [4.69, 9.17) is 5.14 Å². The van der Waals surface area contributed by atoms with E-state index < -0.39 is 16.8 Å². The Hall–Kier alpha value is -0.980. The van der Waals surface area contributed by atoms with Gasteiger partial charge in [-0.1, -0.05) is 0 Å². The van der Waals surface area contributed by atoms with Crippen LogP contribution in [0.2, 0.25) is 0 Å². The first-order valence-corrected chi connectivity index (χ1v) is 6.31. The molecule has 0 aliphatic carbocycles. The summed E-state index contributed by atoms with van der Waals surface area (Å²) in [5.41, 5.74) is 0.767. The number of nitrogens with two attached hydrogens (primary N) is 1. The van der Waals surface area contributed by atoms with Crippen molar-refractivity contribution in [3.8, 4) is 0 Å². The predicted octanol–water partition coefficient (Wildman–Crippen LogP) is 0.217. The van der Waals surface area contributed by atoms with E-state index >= 15 is 0 Å². The SMILES string of the molecule is NS(=O)c1cc(F)ccc1N1CCNCC1. The molecule has 2 rings (SSSR count). The lowest BCUT2D eigenvalue weighted by molar-refractivity contribution is 0.583. The zero-order valence-corrected chi connectivity index (χ0v) is 9.60. The summed E-state index contributed by atoms with van der Waals surface area (Å²) < 4.78 is 24.4. The van der Waals surface area contributed by atoms with Gasteiger partial charge in [-0.2, -0.15) is 0 Å². The lowest BCUT2D eigenvalue weighted by Gasteiger charge is -2.30. The van der Waals surface area contributed by atoms with Gasteiger partial charge in [-0.15, -0.1) is 0 Å². The molecule has 1 heterocycles. The van der Waals surface area contributed by atoms with E-state index in [1.165, 1.54) is 12.1 Å². The van der Waals surface area contributed by atoms with Crippen molar-refractivity contribution in [1.29, 1.82) is 0 Å². The number of halogens is 1. The van der Waals surface area contributed by atoms with Gasteiger partial charge in [0.15, 0.2) is 0 Å². The van der Waals surface area contributed by atoms with Gasteiger partial charge in [0.05, 0.1) is 10.6 Å². The van der Waals surface area contributed by atoms with Crippen LogP contribution in [0.5, 0.6) is 0 Å². The Kier molecular flexibility index (Phi) is 3.52. The van der Waals surface area contributed by atoms with Crippen LogP contribution in [0.15, 0.2) is 23.1 Å². The van der Waals surface area contributed by atoms with Gasteiger partial charge in [-0.25, -0.2) is 13.7 Å². The molecule has 1 aliphatic rings. The minimum Gasteiger partial charge on any atom is -0.368 e. The molecule has 16 heavy (non-hydrogen) atoms. The molecule has 1 unspecified atom stereocenters. The largest absolute Gasteiger partial charge is 0.368 e. The van der Waals surface area contributed by atoms with Gasteiger partial charge in [-0.3, -0.25) is 0 Å². The van der Waals surface area contributed by atoms with Crippen molar-refractivity contribution in [2.24, 2.45) is 5.14 Å². The number of hydrogen-bond acceptors (Lipinski definition) is 3. The number of nitrogens with one attached hydrogen (secondary N) is 1. The maximum absolute atomic E-state index is 13.1. The number of piperazine rings is 1. The van der Waals surface area contributed by atoms with Gasteiger partial charge >= 0.3 is 0 Å². The molecule has 0 amide bonds. The molecule has 1 aliphatic heterocycles. The average Bonchev–Trinajstić information content (AvgIpc) is 2.30. The van der Waals surface area contributed by atoms with Crippen LogP contribution >= 0.6 is 0 Å². The average molecular weight is 243 g/mol. The number of anilines is 1. The number of nitrogens with zero attached hydrogens (tertiary/aromatic N) is 1. The lowest BCUT2D eigenvalue weighted by atomic mass is 10.2. The molecule has 0 aromatic heterocycles.